The first-order valence-electron chi connectivity index (χ1n) is 3.62. The Bertz CT molecular complexity index is 157. The maximum atomic E-state index is 3.83. The van der Waals surface area contributed by atoms with Gasteiger partial charge in [0, 0.05) is 6.42 Å². The predicted octanol–water partition coefficient (Wildman–Crippen LogP) is 1.55. The van der Waals surface area contributed by atoms with Gasteiger partial charge in [0.1, 0.15) is 12.2 Å². The first-order chi connectivity index (χ1) is 4.93. The molecule has 3 heteroatoms. The molecule has 1 rings (SSSR count). The summed E-state index contributed by atoms with van der Waals surface area (Å²) in [7, 11) is 0. The molecule has 0 aromatic carbocycles. The third kappa shape index (κ3) is 2.17. The minimum atomic E-state index is 0.883. The van der Waals surface area contributed by atoms with Crippen LogP contribution in [0.25, 0.3) is 0 Å². The smallest absolute Gasteiger partial charge is 0.134 e. The normalized spacial score (nSPS) is 10.1. The van der Waals surface area contributed by atoms with E-state index in [1.54, 1.807) is 6.33 Å². The second kappa shape index (κ2) is 4.04. The number of H-pyrrole nitrogens is 1. The zero-order valence-electron chi connectivity index (χ0n) is 6.17. The maximum Gasteiger partial charge on any atom is 0.134 e. The minimum Gasteiger partial charge on any atom is -0.331 e. The SMILES string of the molecule is CCCC[CH]c1nnc[nH]1. The summed E-state index contributed by atoms with van der Waals surface area (Å²) in [6.07, 6.45) is 7.20. The van der Waals surface area contributed by atoms with Crippen molar-refractivity contribution in [1.29, 1.82) is 0 Å². The Morgan fingerprint density at radius 2 is 2.60 bits per heavy atom. The lowest BCUT2D eigenvalue weighted by Gasteiger charge is -1.91. The van der Waals surface area contributed by atoms with Gasteiger partial charge in [-0.2, -0.15) is 0 Å². The van der Waals surface area contributed by atoms with E-state index >= 15 is 0 Å². The van der Waals surface area contributed by atoms with E-state index in [9.17, 15) is 0 Å². The fraction of sp³-hybridized carbons (Fsp3) is 0.571. The average molecular weight is 138 g/mol. The van der Waals surface area contributed by atoms with Gasteiger partial charge in [-0.25, -0.2) is 0 Å². The number of hydrogen-bond acceptors (Lipinski definition) is 2. The molecular formula is C7H12N3. The molecule has 1 heterocycles. The first kappa shape index (κ1) is 7.25. The number of nitrogens with one attached hydrogen (secondary N) is 1. The molecule has 1 aromatic rings. The summed E-state index contributed by atoms with van der Waals surface area (Å²) in [5, 5.41) is 7.49. The van der Waals surface area contributed by atoms with Gasteiger partial charge in [-0.1, -0.05) is 19.8 Å². The quantitative estimate of drug-likeness (QED) is 0.641. The van der Waals surface area contributed by atoms with Crippen LogP contribution in [0.1, 0.15) is 32.0 Å². The lowest BCUT2D eigenvalue weighted by Crippen LogP contribution is -1.84. The molecule has 0 fully saturated rings. The number of unbranched alkanes of at least 4 members (excludes halogenated alkanes) is 2. The lowest BCUT2D eigenvalue weighted by molar-refractivity contribution is 0.780. The summed E-state index contributed by atoms with van der Waals surface area (Å²) in [5.74, 6) is 0.883. The van der Waals surface area contributed by atoms with Crippen LogP contribution in [0.3, 0.4) is 0 Å². The highest BCUT2D eigenvalue weighted by Gasteiger charge is 1.93. The van der Waals surface area contributed by atoms with Crippen molar-refractivity contribution in [1.82, 2.24) is 15.2 Å². The van der Waals surface area contributed by atoms with Crippen LogP contribution in [0.5, 0.6) is 0 Å². The molecular weight excluding hydrogens is 126 g/mol. The van der Waals surface area contributed by atoms with E-state index in [2.05, 4.69) is 28.5 Å². The van der Waals surface area contributed by atoms with E-state index in [0.717, 1.165) is 12.2 Å². The van der Waals surface area contributed by atoms with Crippen molar-refractivity contribution in [2.24, 2.45) is 0 Å². The van der Waals surface area contributed by atoms with Crippen LogP contribution in [0.15, 0.2) is 6.33 Å². The first-order valence-corrected chi connectivity index (χ1v) is 3.62. The molecule has 0 saturated heterocycles. The summed E-state index contributed by atoms with van der Waals surface area (Å²) in [6.45, 7) is 2.17. The molecule has 1 aromatic heterocycles. The predicted molar refractivity (Wildman–Crippen MR) is 39.3 cm³/mol. The van der Waals surface area contributed by atoms with Crippen LogP contribution >= 0.6 is 0 Å². The molecule has 0 saturated carbocycles. The Kier molecular flexibility index (Phi) is 2.93. The van der Waals surface area contributed by atoms with Crippen molar-refractivity contribution >= 4 is 0 Å². The van der Waals surface area contributed by atoms with E-state index in [4.69, 9.17) is 0 Å². The maximum absolute atomic E-state index is 3.83. The molecule has 0 aliphatic rings. The van der Waals surface area contributed by atoms with Gasteiger partial charge in [0.15, 0.2) is 0 Å². The van der Waals surface area contributed by atoms with Gasteiger partial charge < -0.3 is 4.98 Å². The number of aromatic amines is 1. The Morgan fingerprint density at radius 3 is 3.20 bits per heavy atom. The summed E-state index contributed by atoms with van der Waals surface area (Å²) in [5.41, 5.74) is 0. The highest BCUT2D eigenvalue weighted by Crippen LogP contribution is 2.01. The fourth-order valence-corrected chi connectivity index (χ4v) is 0.758. The standard InChI is InChI=1S/C7H12N3/c1-2-3-4-5-7-8-6-9-10-7/h5-6H,2-4H2,1H3,(H,8,9,10). The van der Waals surface area contributed by atoms with E-state index in [0.29, 0.717) is 0 Å². The summed E-state index contributed by atoms with van der Waals surface area (Å²) in [4.78, 5) is 2.92. The van der Waals surface area contributed by atoms with Crippen LogP contribution in [-0.2, 0) is 0 Å². The van der Waals surface area contributed by atoms with Crippen molar-refractivity contribution in [3.63, 3.8) is 0 Å². The third-order valence-electron chi connectivity index (χ3n) is 1.33. The Morgan fingerprint density at radius 1 is 1.70 bits per heavy atom. The van der Waals surface area contributed by atoms with Gasteiger partial charge in [0.2, 0.25) is 0 Å². The van der Waals surface area contributed by atoms with Crippen molar-refractivity contribution in [2.75, 3.05) is 0 Å². The van der Waals surface area contributed by atoms with E-state index < -0.39 is 0 Å². The molecule has 0 amide bonds. The molecule has 0 unspecified atom stereocenters. The zero-order chi connectivity index (χ0) is 7.23. The van der Waals surface area contributed by atoms with Gasteiger partial charge in [-0.3, -0.25) is 0 Å². The number of hydrogen-bond donors (Lipinski definition) is 1. The monoisotopic (exact) mass is 138 g/mol. The van der Waals surface area contributed by atoms with E-state index in [-0.39, 0.29) is 0 Å². The molecule has 3 nitrogen and oxygen atoms in total. The summed E-state index contributed by atoms with van der Waals surface area (Å²) in [6, 6.07) is 0. The van der Waals surface area contributed by atoms with Crippen molar-refractivity contribution in [3.8, 4) is 0 Å². The summed E-state index contributed by atoms with van der Waals surface area (Å²) >= 11 is 0. The van der Waals surface area contributed by atoms with Crippen LogP contribution in [0.4, 0.5) is 0 Å². The lowest BCUT2D eigenvalue weighted by atomic mass is 10.2. The Hall–Kier alpha value is -0.860. The Labute approximate surface area is 60.9 Å². The molecule has 1 radical (unpaired) electrons. The largest absolute Gasteiger partial charge is 0.331 e. The van der Waals surface area contributed by atoms with Crippen molar-refractivity contribution < 1.29 is 0 Å². The average Bonchev–Trinajstić information content (AvgIpc) is 2.41. The van der Waals surface area contributed by atoms with Crippen LogP contribution in [0.2, 0.25) is 0 Å². The number of rotatable bonds is 4. The summed E-state index contributed by atoms with van der Waals surface area (Å²) < 4.78 is 0. The highest BCUT2D eigenvalue weighted by molar-refractivity contribution is 4.95. The van der Waals surface area contributed by atoms with E-state index in [1.807, 2.05) is 0 Å². The fourth-order valence-electron chi connectivity index (χ4n) is 0.758. The topological polar surface area (TPSA) is 41.6 Å². The highest BCUT2D eigenvalue weighted by atomic mass is 15.2. The van der Waals surface area contributed by atoms with Gasteiger partial charge in [-0.05, 0) is 6.42 Å². The number of aromatic nitrogens is 3. The van der Waals surface area contributed by atoms with Gasteiger partial charge in [-0.15, -0.1) is 10.2 Å². The van der Waals surface area contributed by atoms with Gasteiger partial charge >= 0.3 is 0 Å². The molecule has 55 valence electrons. The zero-order valence-corrected chi connectivity index (χ0v) is 6.17. The molecule has 0 spiro atoms. The molecule has 1 N–H and O–H groups in total. The molecule has 10 heavy (non-hydrogen) atoms. The van der Waals surface area contributed by atoms with Crippen molar-refractivity contribution in [3.05, 3.63) is 18.6 Å². The van der Waals surface area contributed by atoms with Gasteiger partial charge in [0.25, 0.3) is 0 Å². The van der Waals surface area contributed by atoms with Gasteiger partial charge in [0.05, 0.1) is 0 Å². The number of nitrogens with zero attached hydrogens (tertiary/aromatic N) is 2. The Balaban J connectivity index is 2.15. The third-order valence-corrected chi connectivity index (χ3v) is 1.33. The molecule has 0 aliphatic heterocycles. The van der Waals surface area contributed by atoms with E-state index in [1.165, 1.54) is 12.8 Å². The molecule has 0 bridgehead atoms. The van der Waals surface area contributed by atoms with Crippen LogP contribution in [0, 0.1) is 6.42 Å². The molecule has 0 atom stereocenters. The molecule has 0 aliphatic carbocycles. The van der Waals surface area contributed by atoms with Crippen LogP contribution < -0.4 is 0 Å². The second-order valence-corrected chi connectivity index (χ2v) is 2.22. The van der Waals surface area contributed by atoms with Crippen molar-refractivity contribution in [2.45, 2.75) is 26.2 Å². The second-order valence-electron chi connectivity index (χ2n) is 2.22. The van der Waals surface area contributed by atoms with Crippen LogP contribution in [-0.4, -0.2) is 15.2 Å². The minimum absolute atomic E-state index is 0.883.